The van der Waals surface area contributed by atoms with Crippen molar-refractivity contribution >= 4 is 28.9 Å². The highest BCUT2D eigenvalue weighted by atomic mass is 35.5. The topological polar surface area (TPSA) is 73.6 Å². The molecule has 0 bridgehead atoms. The van der Waals surface area contributed by atoms with E-state index in [4.69, 9.17) is 26.8 Å². The van der Waals surface area contributed by atoms with E-state index in [1.165, 1.54) is 0 Å². The summed E-state index contributed by atoms with van der Waals surface area (Å²) in [6, 6.07) is 5.02. The average Bonchev–Trinajstić information content (AvgIpc) is 2.46. The first kappa shape index (κ1) is 17.8. The van der Waals surface area contributed by atoms with Gasteiger partial charge in [0.05, 0.1) is 23.9 Å². The number of nitrogens with two attached hydrogens (primary N) is 1. The van der Waals surface area contributed by atoms with Crippen molar-refractivity contribution in [1.82, 2.24) is 0 Å². The molecule has 0 aliphatic heterocycles. The Labute approximate surface area is 130 Å². The van der Waals surface area contributed by atoms with Crippen LogP contribution in [-0.2, 0) is 14.3 Å². The second kappa shape index (κ2) is 10.4. The van der Waals surface area contributed by atoms with E-state index in [0.29, 0.717) is 49.1 Å². The third-order valence-electron chi connectivity index (χ3n) is 2.69. The van der Waals surface area contributed by atoms with Gasteiger partial charge in [0, 0.05) is 25.3 Å². The van der Waals surface area contributed by atoms with Crippen LogP contribution in [0.15, 0.2) is 18.2 Å². The molecule has 5 nitrogen and oxygen atoms in total. The Morgan fingerprint density at radius 1 is 1.24 bits per heavy atom. The number of carbonyl (C=O) groups is 1. The Morgan fingerprint density at radius 2 is 1.95 bits per heavy atom. The van der Waals surface area contributed by atoms with Gasteiger partial charge in [-0.25, -0.2) is 0 Å². The Morgan fingerprint density at radius 3 is 2.62 bits per heavy atom. The molecule has 0 unspecified atom stereocenters. The number of anilines is 2. The molecule has 1 aromatic rings. The Bertz CT molecular complexity index is 441. The molecule has 0 saturated heterocycles. The number of nitrogens with one attached hydrogen (secondary N) is 1. The number of hydrogen-bond acceptors (Lipinski definition) is 4. The van der Waals surface area contributed by atoms with Gasteiger partial charge in [0.2, 0.25) is 5.91 Å². The highest BCUT2D eigenvalue weighted by Crippen LogP contribution is 2.22. The summed E-state index contributed by atoms with van der Waals surface area (Å²) in [7, 11) is 0. The second-order valence-corrected chi connectivity index (χ2v) is 5.02. The van der Waals surface area contributed by atoms with Crippen LogP contribution < -0.4 is 11.1 Å². The Kier molecular flexibility index (Phi) is 8.82. The standard InChI is InChI=1S/C15H23ClN2O3/c1-2-7-20-9-10-21-8-3-4-15(19)18-12-5-6-13(16)14(17)11-12/h5-6,11H,2-4,7-10,17H2,1H3,(H,18,19). The maximum absolute atomic E-state index is 11.7. The monoisotopic (exact) mass is 314 g/mol. The zero-order valence-electron chi connectivity index (χ0n) is 12.4. The molecule has 6 heteroatoms. The van der Waals surface area contributed by atoms with Crippen LogP contribution in [0.4, 0.5) is 11.4 Å². The molecular weight excluding hydrogens is 292 g/mol. The van der Waals surface area contributed by atoms with Crippen molar-refractivity contribution in [3.63, 3.8) is 0 Å². The SMILES string of the molecule is CCCOCCOCCCC(=O)Nc1ccc(Cl)c(N)c1. The molecule has 21 heavy (non-hydrogen) atoms. The van der Waals surface area contributed by atoms with Gasteiger partial charge in [-0.3, -0.25) is 4.79 Å². The van der Waals surface area contributed by atoms with Crippen molar-refractivity contribution in [3.05, 3.63) is 23.2 Å². The highest BCUT2D eigenvalue weighted by molar-refractivity contribution is 6.33. The van der Waals surface area contributed by atoms with Crippen molar-refractivity contribution in [2.24, 2.45) is 0 Å². The van der Waals surface area contributed by atoms with Crippen molar-refractivity contribution in [1.29, 1.82) is 0 Å². The number of ether oxygens (including phenoxy) is 2. The van der Waals surface area contributed by atoms with Crippen LogP contribution in [0, 0.1) is 0 Å². The average molecular weight is 315 g/mol. The van der Waals surface area contributed by atoms with Crippen molar-refractivity contribution < 1.29 is 14.3 Å². The summed E-state index contributed by atoms with van der Waals surface area (Å²) in [5.41, 5.74) is 6.77. The number of amides is 1. The zero-order chi connectivity index (χ0) is 15.5. The van der Waals surface area contributed by atoms with Gasteiger partial charge in [0.1, 0.15) is 0 Å². The van der Waals surface area contributed by atoms with Gasteiger partial charge in [0.15, 0.2) is 0 Å². The van der Waals surface area contributed by atoms with Crippen LogP contribution in [-0.4, -0.2) is 32.3 Å². The second-order valence-electron chi connectivity index (χ2n) is 4.61. The molecule has 0 radical (unpaired) electrons. The van der Waals surface area contributed by atoms with Crippen molar-refractivity contribution in [2.75, 3.05) is 37.5 Å². The number of halogens is 1. The molecule has 0 heterocycles. The van der Waals surface area contributed by atoms with E-state index in [9.17, 15) is 4.79 Å². The van der Waals surface area contributed by atoms with E-state index in [2.05, 4.69) is 12.2 Å². The molecule has 1 rings (SSSR count). The third kappa shape index (κ3) is 7.90. The number of benzene rings is 1. The summed E-state index contributed by atoms with van der Waals surface area (Å²) in [5, 5.41) is 3.25. The van der Waals surface area contributed by atoms with E-state index < -0.39 is 0 Å². The number of rotatable bonds is 10. The molecule has 1 amide bonds. The normalized spacial score (nSPS) is 10.6. The van der Waals surface area contributed by atoms with Crippen molar-refractivity contribution in [3.8, 4) is 0 Å². The van der Waals surface area contributed by atoms with Gasteiger partial charge >= 0.3 is 0 Å². The molecule has 0 aliphatic rings. The lowest BCUT2D eigenvalue weighted by molar-refractivity contribution is -0.116. The van der Waals surface area contributed by atoms with Crippen LogP contribution in [0.1, 0.15) is 26.2 Å². The molecule has 118 valence electrons. The lowest BCUT2D eigenvalue weighted by atomic mass is 10.2. The minimum atomic E-state index is -0.0671. The van der Waals surface area contributed by atoms with E-state index in [0.717, 1.165) is 13.0 Å². The van der Waals surface area contributed by atoms with Gasteiger partial charge in [0.25, 0.3) is 0 Å². The Balaban J connectivity index is 2.10. The molecule has 3 N–H and O–H groups in total. The molecule has 1 aromatic carbocycles. The summed E-state index contributed by atoms with van der Waals surface area (Å²) in [6.07, 6.45) is 2.08. The summed E-state index contributed by atoms with van der Waals surface area (Å²) in [6.45, 7) is 4.54. The molecule has 0 saturated carbocycles. The van der Waals surface area contributed by atoms with Gasteiger partial charge in [-0.05, 0) is 31.0 Å². The minimum absolute atomic E-state index is 0.0671. The van der Waals surface area contributed by atoms with E-state index in [-0.39, 0.29) is 5.91 Å². The molecule has 0 atom stereocenters. The van der Waals surface area contributed by atoms with E-state index in [1.54, 1.807) is 18.2 Å². The third-order valence-corrected chi connectivity index (χ3v) is 3.04. The summed E-state index contributed by atoms with van der Waals surface area (Å²) in [5.74, 6) is -0.0671. The van der Waals surface area contributed by atoms with Crippen LogP contribution >= 0.6 is 11.6 Å². The molecule has 0 spiro atoms. The van der Waals surface area contributed by atoms with Crippen LogP contribution in [0.3, 0.4) is 0 Å². The molecule has 0 aromatic heterocycles. The van der Waals surface area contributed by atoms with Gasteiger partial charge in [-0.15, -0.1) is 0 Å². The van der Waals surface area contributed by atoms with Gasteiger partial charge in [-0.2, -0.15) is 0 Å². The summed E-state index contributed by atoms with van der Waals surface area (Å²) in [4.78, 5) is 11.7. The lowest BCUT2D eigenvalue weighted by Gasteiger charge is -2.07. The Hall–Kier alpha value is -1.30. The minimum Gasteiger partial charge on any atom is -0.397 e. The summed E-state index contributed by atoms with van der Waals surface area (Å²) >= 11 is 5.82. The number of carbonyl (C=O) groups excluding carboxylic acids is 1. The molecule has 0 fully saturated rings. The predicted molar refractivity (Wildman–Crippen MR) is 85.7 cm³/mol. The molecular formula is C15H23ClN2O3. The lowest BCUT2D eigenvalue weighted by Crippen LogP contribution is -2.13. The van der Waals surface area contributed by atoms with E-state index in [1.807, 2.05) is 0 Å². The van der Waals surface area contributed by atoms with E-state index >= 15 is 0 Å². The van der Waals surface area contributed by atoms with Crippen molar-refractivity contribution in [2.45, 2.75) is 26.2 Å². The first-order valence-corrected chi connectivity index (χ1v) is 7.51. The number of nitrogen functional groups attached to an aromatic ring is 1. The van der Waals surface area contributed by atoms with Gasteiger partial charge in [-0.1, -0.05) is 18.5 Å². The largest absolute Gasteiger partial charge is 0.397 e. The quantitative estimate of drug-likeness (QED) is 0.514. The smallest absolute Gasteiger partial charge is 0.224 e. The fourth-order valence-corrected chi connectivity index (χ4v) is 1.76. The first-order valence-electron chi connectivity index (χ1n) is 7.14. The van der Waals surface area contributed by atoms with Crippen LogP contribution in [0.2, 0.25) is 5.02 Å². The highest BCUT2D eigenvalue weighted by Gasteiger charge is 2.04. The summed E-state index contributed by atoms with van der Waals surface area (Å²) < 4.78 is 10.7. The van der Waals surface area contributed by atoms with Crippen LogP contribution in [0.5, 0.6) is 0 Å². The maximum atomic E-state index is 11.7. The predicted octanol–water partition coefficient (Wildman–Crippen LogP) is 3.08. The molecule has 0 aliphatic carbocycles. The fourth-order valence-electron chi connectivity index (χ4n) is 1.65. The first-order chi connectivity index (χ1) is 10.1. The van der Waals surface area contributed by atoms with Gasteiger partial charge < -0.3 is 20.5 Å². The van der Waals surface area contributed by atoms with Crippen LogP contribution in [0.25, 0.3) is 0 Å². The fraction of sp³-hybridized carbons (Fsp3) is 0.533. The zero-order valence-corrected chi connectivity index (χ0v) is 13.1. The number of hydrogen-bond donors (Lipinski definition) is 2. The maximum Gasteiger partial charge on any atom is 0.224 e.